The van der Waals surface area contributed by atoms with Crippen molar-refractivity contribution < 1.29 is 4.42 Å². The first kappa shape index (κ1) is 15.7. The summed E-state index contributed by atoms with van der Waals surface area (Å²) in [5.74, 6) is 0. The third-order valence-electron chi connectivity index (χ3n) is 3.51. The molecule has 120 valence electrons. The molecule has 0 unspecified atom stereocenters. The number of pyridine rings is 1. The fourth-order valence-corrected chi connectivity index (χ4v) is 2.70. The quantitative estimate of drug-likeness (QED) is 0.673. The lowest BCUT2D eigenvalue weighted by Gasteiger charge is -2.12. The van der Waals surface area contributed by atoms with Gasteiger partial charge in [0.1, 0.15) is 5.39 Å². The Labute approximate surface area is 138 Å². The normalized spacial score (nSPS) is 12.9. The van der Waals surface area contributed by atoms with E-state index in [1.807, 2.05) is 27.7 Å². The maximum absolute atomic E-state index is 12.9. The van der Waals surface area contributed by atoms with Crippen LogP contribution in [0, 0.1) is 0 Å². The highest BCUT2D eigenvalue weighted by Gasteiger charge is 2.14. The Morgan fingerprint density at radius 1 is 1.22 bits per heavy atom. The van der Waals surface area contributed by atoms with Crippen molar-refractivity contribution in [3.8, 4) is 0 Å². The molecular formula is C17H18ClN3O2. The summed E-state index contributed by atoms with van der Waals surface area (Å²) in [6, 6.07) is 5.27. The summed E-state index contributed by atoms with van der Waals surface area (Å²) in [6.07, 6.45) is 1.55. The Balaban J connectivity index is 2.56. The number of hydrogen-bond donors (Lipinski definition) is 0. The van der Waals surface area contributed by atoms with Gasteiger partial charge in [-0.05, 0) is 45.9 Å². The molecule has 0 spiro atoms. The van der Waals surface area contributed by atoms with E-state index in [1.54, 1.807) is 29.0 Å². The van der Waals surface area contributed by atoms with Crippen LogP contribution in [0.3, 0.4) is 0 Å². The number of benzene rings is 1. The zero-order chi connectivity index (χ0) is 16.7. The summed E-state index contributed by atoms with van der Waals surface area (Å²) in [6.45, 7) is 7.73. The largest absolute Gasteiger partial charge is 0.424 e. The van der Waals surface area contributed by atoms with Gasteiger partial charge in [0.2, 0.25) is 0 Å². The molecule has 0 saturated carbocycles. The van der Waals surface area contributed by atoms with Crippen LogP contribution in [-0.2, 0) is 0 Å². The lowest BCUT2D eigenvalue weighted by Crippen LogP contribution is -2.35. The molecule has 0 saturated heterocycles. The second-order valence-corrected chi connectivity index (χ2v) is 6.48. The Bertz CT molecular complexity index is 1020. The Morgan fingerprint density at radius 3 is 2.61 bits per heavy atom. The zero-order valence-corrected chi connectivity index (χ0v) is 14.3. The molecule has 2 heterocycles. The molecule has 0 radical (unpaired) electrons. The van der Waals surface area contributed by atoms with Crippen LogP contribution in [0.1, 0.15) is 33.7 Å². The summed E-state index contributed by atoms with van der Waals surface area (Å²) >= 11 is 6.09. The van der Waals surface area contributed by atoms with Crippen molar-refractivity contribution in [1.82, 2.24) is 9.55 Å². The predicted octanol–water partition coefficient (Wildman–Crippen LogP) is 3.69. The number of fused-ring (bicyclic) bond motifs is 3. The van der Waals surface area contributed by atoms with Gasteiger partial charge in [0, 0.05) is 28.7 Å². The van der Waals surface area contributed by atoms with E-state index in [4.69, 9.17) is 16.0 Å². The van der Waals surface area contributed by atoms with Crippen molar-refractivity contribution in [3.05, 3.63) is 45.5 Å². The molecule has 3 aromatic rings. The van der Waals surface area contributed by atoms with Gasteiger partial charge in [0.25, 0.3) is 5.56 Å². The number of rotatable bonds is 2. The Kier molecular flexibility index (Phi) is 3.98. The van der Waals surface area contributed by atoms with Crippen LogP contribution in [0.2, 0.25) is 5.02 Å². The van der Waals surface area contributed by atoms with Crippen LogP contribution in [0.15, 0.2) is 38.6 Å². The first-order valence-corrected chi connectivity index (χ1v) is 7.93. The monoisotopic (exact) mass is 331 g/mol. The molecule has 2 aromatic heterocycles. The molecule has 3 rings (SSSR count). The fraction of sp³-hybridized carbons (Fsp3) is 0.353. The average molecular weight is 332 g/mol. The van der Waals surface area contributed by atoms with E-state index in [0.29, 0.717) is 27.1 Å². The minimum absolute atomic E-state index is 0.0114. The van der Waals surface area contributed by atoms with Gasteiger partial charge in [-0.15, -0.1) is 0 Å². The molecule has 1 aromatic carbocycles. The molecule has 0 fully saturated rings. The number of nitrogens with zero attached hydrogens (tertiary/aromatic N) is 3. The van der Waals surface area contributed by atoms with Gasteiger partial charge in [0.15, 0.2) is 5.58 Å². The van der Waals surface area contributed by atoms with E-state index >= 15 is 0 Å². The minimum Gasteiger partial charge on any atom is -0.424 e. The van der Waals surface area contributed by atoms with E-state index in [0.717, 1.165) is 5.52 Å². The molecule has 0 aliphatic rings. The summed E-state index contributed by atoms with van der Waals surface area (Å²) in [4.78, 5) is 21.7. The summed E-state index contributed by atoms with van der Waals surface area (Å²) in [7, 11) is 0. The van der Waals surface area contributed by atoms with Crippen LogP contribution in [-0.4, -0.2) is 15.6 Å². The molecule has 0 aliphatic heterocycles. The van der Waals surface area contributed by atoms with Gasteiger partial charge in [-0.3, -0.25) is 14.3 Å². The summed E-state index contributed by atoms with van der Waals surface area (Å²) < 4.78 is 7.57. The van der Waals surface area contributed by atoms with E-state index in [1.165, 1.54) is 0 Å². The Morgan fingerprint density at radius 2 is 1.96 bits per heavy atom. The Hall–Kier alpha value is -2.14. The maximum atomic E-state index is 12.9. The fourth-order valence-electron chi connectivity index (χ4n) is 2.52. The number of halogens is 1. The average Bonchev–Trinajstić information content (AvgIpc) is 2.46. The van der Waals surface area contributed by atoms with Crippen molar-refractivity contribution in [2.45, 2.75) is 39.8 Å². The highest BCUT2D eigenvalue weighted by molar-refractivity contribution is 6.31. The highest BCUT2D eigenvalue weighted by Crippen LogP contribution is 2.24. The van der Waals surface area contributed by atoms with Crippen LogP contribution in [0.25, 0.3) is 21.9 Å². The first-order valence-electron chi connectivity index (χ1n) is 7.56. The van der Waals surface area contributed by atoms with E-state index in [-0.39, 0.29) is 17.6 Å². The molecular weight excluding hydrogens is 314 g/mol. The number of hydrogen-bond acceptors (Lipinski definition) is 4. The molecule has 0 amide bonds. The minimum atomic E-state index is -0.157. The molecule has 0 aliphatic carbocycles. The van der Waals surface area contributed by atoms with Crippen LogP contribution in [0.4, 0.5) is 0 Å². The lowest BCUT2D eigenvalue weighted by atomic mass is 10.2. The van der Waals surface area contributed by atoms with Crippen LogP contribution < -0.4 is 11.2 Å². The molecule has 5 nitrogen and oxygen atoms in total. The van der Waals surface area contributed by atoms with Gasteiger partial charge >= 0.3 is 5.68 Å². The van der Waals surface area contributed by atoms with E-state index < -0.39 is 0 Å². The van der Waals surface area contributed by atoms with Gasteiger partial charge in [-0.1, -0.05) is 11.6 Å². The van der Waals surface area contributed by atoms with Gasteiger partial charge in [-0.25, -0.2) is 4.99 Å². The molecule has 0 atom stereocenters. The number of aromatic nitrogens is 2. The smallest absolute Gasteiger partial charge is 0.300 e. The molecule has 23 heavy (non-hydrogen) atoms. The molecule has 6 heteroatoms. The van der Waals surface area contributed by atoms with Gasteiger partial charge in [0.05, 0.1) is 5.52 Å². The molecule has 0 N–H and O–H groups in total. The summed E-state index contributed by atoms with van der Waals surface area (Å²) in [5.41, 5.74) is 1.36. The SMILES string of the molecule is CC(C)N=c1oc2c(cnc3ccc(Cl)cc32)c(=O)n1C(C)C. The van der Waals surface area contributed by atoms with E-state index in [9.17, 15) is 4.79 Å². The third-order valence-corrected chi connectivity index (χ3v) is 3.75. The second-order valence-electron chi connectivity index (χ2n) is 6.04. The maximum Gasteiger partial charge on any atom is 0.300 e. The van der Waals surface area contributed by atoms with Crippen molar-refractivity contribution in [1.29, 1.82) is 0 Å². The van der Waals surface area contributed by atoms with Crippen molar-refractivity contribution in [3.63, 3.8) is 0 Å². The zero-order valence-electron chi connectivity index (χ0n) is 13.5. The van der Waals surface area contributed by atoms with Crippen molar-refractivity contribution in [2.75, 3.05) is 0 Å². The lowest BCUT2D eigenvalue weighted by molar-refractivity contribution is 0.401. The van der Waals surface area contributed by atoms with E-state index in [2.05, 4.69) is 9.98 Å². The van der Waals surface area contributed by atoms with Crippen molar-refractivity contribution in [2.24, 2.45) is 4.99 Å². The first-order chi connectivity index (χ1) is 10.9. The van der Waals surface area contributed by atoms with Crippen molar-refractivity contribution >= 4 is 33.5 Å². The van der Waals surface area contributed by atoms with Crippen LogP contribution in [0.5, 0.6) is 0 Å². The molecule has 0 bridgehead atoms. The predicted molar refractivity (Wildman–Crippen MR) is 91.9 cm³/mol. The van der Waals surface area contributed by atoms with Gasteiger partial charge < -0.3 is 4.42 Å². The van der Waals surface area contributed by atoms with Gasteiger partial charge in [-0.2, -0.15) is 0 Å². The topological polar surface area (TPSA) is 60.4 Å². The van der Waals surface area contributed by atoms with Crippen LogP contribution >= 0.6 is 11.6 Å². The summed E-state index contributed by atoms with van der Waals surface area (Å²) in [5, 5.41) is 1.71. The standard InChI is InChI=1S/C17H18ClN3O2/c1-9(2)20-17-21(10(3)4)16(22)13-8-19-14-6-5-11(18)7-12(14)15(13)23-17/h5-10H,1-4H3. The highest BCUT2D eigenvalue weighted by atomic mass is 35.5. The third kappa shape index (κ3) is 2.77. The second kappa shape index (κ2) is 5.81.